The Morgan fingerprint density at radius 3 is 2.44 bits per heavy atom. The molecule has 0 aliphatic carbocycles. The highest BCUT2D eigenvalue weighted by molar-refractivity contribution is 7.89. The molecule has 0 saturated heterocycles. The standard InChI is InChI=1S/C19H16Cl2N2O3S/c1-23(12-19(24)22-18-11-15(20)7-9-17(18)21)27(25,26)16-8-6-13-4-2-3-5-14(13)10-16/h2-11H,12H2,1H3,(H,22,24). The van der Waals surface area contributed by atoms with E-state index in [4.69, 9.17) is 23.2 Å². The lowest BCUT2D eigenvalue weighted by molar-refractivity contribution is -0.116. The van der Waals surface area contributed by atoms with Gasteiger partial charge in [0.1, 0.15) is 0 Å². The maximum Gasteiger partial charge on any atom is 0.243 e. The smallest absolute Gasteiger partial charge is 0.243 e. The van der Waals surface area contributed by atoms with Crippen LogP contribution in [0.25, 0.3) is 10.8 Å². The Balaban J connectivity index is 1.78. The van der Waals surface area contributed by atoms with Crippen LogP contribution in [0.4, 0.5) is 5.69 Å². The number of carbonyl (C=O) groups excluding carboxylic acids is 1. The summed E-state index contributed by atoms with van der Waals surface area (Å²) in [5, 5.41) is 5.04. The molecule has 3 aromatic carbocycles. The second kappa shape index (κ2) is 7.86. The van der Waals surface area contributed by atoms with E-state index in [1.54, 1.807) is 24.3 Å². The van der Waals surface area contributed by atoms with Crippen LogP contribution in [-0.4, -0.2) is 32.2 Å². The third-order valence-electron chi connectivity index (χ3n) is 4.00. The number of sulfonamides is 1. The number of hydrogen-bond donors (Lipinski definition) is 1. The van der Waals surface area contributed by atoms with Gasteiger partial charge in [-0.3, -0.25) is 4.79 Å². The molecular formula is C19H16Cl2N2O3S. The molecule has 27 heavy (non-hydrogen) atoms. The maximum atomic E-state index is 12.8. The largest absolute Gasteiger partial charge is 0.324 e. The minimum atomic E-state index is -3.82. The fourth-order valence-corrected chi connectivity index (χ4v) is 4.08. The van der Waals surface area contributed by atoms with Crippen molar-refractivity contribution in [2.45, 2.75) is 4.90 Å². The van der Waals surface area contributed by atoms with Crippen LogP contribution in [0, 0.1) is 0 Å². The van der Waals surface area contributed by atoms with Crippen LogP contribution in [0.3, 0.4) is 0 Å². The fourth-order valence-electron chi connectivity index (χ4n) is 2.58. The Morgan fingerprint density at radius 2 is 1.70 bits per heavy atom. The number of benzene rings is 3. The van der Waals surface area contributed by atoms with Gasteiger partial charge in [-0.1, -0.05) is 53.5 Å². The first-order chi connectivity index (χ1) is 12.8. The van der Waals surface area contributed by atoms with Crippen molar-refractivity contribution >= 4 is 55.6 Å². The average molecular weight is 423 g/mol. The average Bonchev–Trinajstić information content (AvgIpc) is 2.64. The van der Waals surface area contributed by atoms with Gasteiger partial charge in [0.15, 0.2) is 0 Å². The van der Waals surface area contributed by atoms with E-state index in [0.29, 0.717) is 15.7 Å². The van der Waals surface area contributed by atoms with E-state index in [-0.39, 0.29) is 11.4 Å². The summed E-state index contributed by atoms with van der Waals surface area (Å²) in [5.74, 6) is -0.522. The molecule has 0 atom stereocenters. The summed E-state index contributed by atoms with van der Waals surface area (Å²) >= 11 is 11.9. The van der Waals surface area contributed by atoms with Crippen LogP contribution in [-0.2, 0) is 14.8 Å². The Hall–Kier alpha value is -2.12. The lowest BCUT2D eigenvalue weighted by Gasteiger charge is -2.17. The molecule has 1 N–H and O–H groups in total. The topological polar surface area (TPSA) is 66.5 Å². The van der Waals surface area contributed by atoms with Crippen LogP contribution in [0.1, 0.15) is 0 Å². The molecule has 0 aromatic heterocycles. The summed E-state index contributed by atoms with van der Waals surface area (Å²) < 4.78 is 26.6. The quantitative estimate of drug-likeness (QED) is 0.661. The summed E-state index contributed by atoms with van der Waals surface area (Å²) in [6.45, 7) is -0.363. The van der Waals surface area contributed by atoms with Crippen LogP contribution >= 0.6 is 23.2 Å². The second-order valence-electron chi connectivity index (χ2n) is 5.94. The fraction of sp³-hybridized carbons (Fsp3) is 0.105. The molecule has 0 bridgehead atoms. The summed E-state index contributed by atoms with van der Waals surface area (Å²) in [4.78, 5) is 12.4. The third kappa shape index (κ3) is 4.42. The van der Waals surface area contributed by atoms with Crippen LogP contribution in [0.2, 0.25) is 10.0 Å². The van der Waals surface area contributed by atoms with Gasteiger partial charge in [-0.15, -0.1) is 0 Å². The number of halogens is 2. The zero-order valence-electron chi connectivity index (χ0n) is 14.3. The van der Waals surface area contributed by atoms with E-state index in [1.165, 1.54) is 19.2 Å². The number of carbonyl (C=O) groups is 1. The third-order valence-corrected chi connectivity index (χ3v) is 6.36. The number of rotatable bonds is 5. The van der Waals surface area contributed by atoms with Gasteiger partial charge in [0.2, 0.25) is 15.9 Å². The predicted molar refractivity (Wildman–Crippen MR) is 109 cm³/mol. The van der Waals surface area contributed by atoms with Gasteiger partial charge < -0.3 is 5.32 Å². The van der Waals surface area contributed by atoms with Crippen molar-refractivity contribution in [3.05, 3.63) is 70.7 Å². The first kappa shape index (κ1) is 19.6. The molecule has 3 aromatic rings. The van der Waals surface area contributed by atoms with E-state index in [1.807, 2.05) is 24.3 Å². The number of fused-ring (bicyclic) bond motifs is 1. The Kier molecular flexibility index (Phi) is 5.72. The highest BCUT2D eigenvalue weighted by Crippen LogP contribution is 2.26. The van der Waals surface area contributed by atoms with E-state index in [2.05, 4.69) is 5.32 Å². The van der Waals surface area contributed by atoms with Crippen molar-refractivity contribution in [2.24, 2.45) is 0 Å². The monoisotopic (exact) mass is 422 g/mol. The van der Waals surface area contributed by atoms with Crippen molar-refractivity contribution in [3.63, 3.8) is 0 Å². The van der Waals surface area contributed by atoms with Gasteiger partial charge in [0.25, 0.3) is 0 Å². The van der Waals surface area contributed by atoms with Gasteiger partial charge in [-0.05, 0) is 41.1 Å². The van der Waals surface area contributed by atoms with Crippen LogP contribution in [0.15, 0.2) is 65.6 Å². The summed E-state index contributed by atoms with van der Waals surface area (Å²) in [6.07, 6.45) is 0. The zero-order chi connectivity index (χ0) is 19.6. The van der Waals surface area contributed by atoms with Crippen LogP contribution < -0.4 is 5.32 Å². The zero-order valence-corrected chi connectivity index (χ0v) is 16.6. The highest BCUT2D eigenvalue weighted by Gasteiger charge is 2.23. The lowest BCUT2D eigenvalue weighted by atomic mass is 10.1. The predicted octanol–water partition coefficient (Wildman–Crippen LogP) is 4.41. The van der Waals surface area contributed by atoms with E-state index in [0.717, 1.165) is 15.1 Å². The Labute approximate surface area is 167 Å². The SMILES string of the molecule is CN(CC(=O)Nc1cc(Cl)ccc1Cl)S(=O)(=O)c1ccc2ccccc2c1. The van der Waals surface area contributed by atoms with Gasteiger partial charge in [-0.2, -0.15) is 4.31 Å². The number of likely N-dealkylation sites (N-methyl/N-ethyl adjacent to an activating group) is 1. The summed E-state index contributed by atoms with van der Waals surface area (Å²) in [7, 11) is -2.47. The molecule has 0 aliphatic heterocycles. The number of nitrogens with zero attached hydrogens (tertiary/aromatic N) is 1. The maximum absolute atomic E-state index is 12.8. The molecule has 140 valence electrons. The normalized spacial score (nSPS) is 11.7. The molecule has 1 amide bonds. The number of anilines is 1. The molecule has 5 nitrogen and oxygen atoms in total. The molecule has 0 heterocycles. The number of hydrogen-bond acceptors (Lipinski definition) is 3. The summed E-state index contributed by atoms with van der Waals surface area (Å²) in [6, 6.07) is 17.0. The van der Waals surface area contributed by atoms with Gasteiger partial charge >= 0.3 is 0 Å². The van der Waals surface area contributed by atoms with Crippen molar-refractivity contribution in [1.82, 2.24) is 4.31 Å². The second-order valence-corrected chi connectivity index (χ2v) is 8.83. The molecule has 0 aliphatic rings. The minimum absolute atomic E-state index is 0.122. The summed E-state index contributed by atoms with van der Waals surface area (Å²) in [5.41, 5.74) is 0.325. The van der Waals surface area contributed by atoms with Crippen molar-refractivity contribution in [2.75, 3.05) is 18.9 Å². The van der Waals surface area contributed by atoms with Gasteiger partial charge in [-0.25, -0.2) is 8.42 Å². The molecule has 0 radical (unpaired) electrons. The number of nitrogens with one attached hydrogen (secondary N) is 1. The van der Waals surface area contributed by atoms with Gasteiger partial charge in [0, 0.05) is 12.1 Å². The first-order valence-electron chi connectivity index (χ1n) is 7.97. The van der Waals surface area contributed by atoms with Crippen molar-refractivity contribution in [1.29, 1.82) is 0 Å². The Morgan fingerprint density at radius 1 is 1.00 bits per heavy atom. The highest BCUT2D eigenvalue weighted by atomic mass is 35.5. The molecule has 0 fully saturated rings. The molecule has 0 unspecified atom stereocenters. The van der Waals surface area contributed by atoms with Gasteiger partial charge in [0.05, 0.1) is 22.2 Å². The lowest BCUT2D eigenvalue weighted by Crippen LogP contribution is -2.35. The molecule has 3 rings (SSSR count). The minimum Gasteiger partial charge on any atom is -0.324 e. The van der Waals surface area contributed by atoms with E-state index < -0.39 is 15.9 Å². The Bertz CT molecular complexity index is 1120. The molecule has 8 heteroatoms. The van der Waals surface area contributed by atoms with Crippen molar-refractivity contribution in [3.8, 4) is 0 Å². The molecule has 0 saturated carbocycles. The van der Waals surface area contributed by atoms with Crippen molar-refractivity contribution < 1.29 is 13.2 Å². The molecular weight excluding hydrogens is 407 g/mol. The molecule has 0 spiro atoms. The number of amides is 1. The van der Waals surface area contributed by atoms with E-state index in [9.17, 15) is 13.2 Å². The van der Waals surface area contributed by atoms with E-state index >= 15 is 0 Å². The van der Waals surface area contributed by atoms with Crippen LogP contribution in [0.5, 0.6) is 0 Å². The first-order valence-corrected chi connectivity index (χ1v) is 10.2.